The normalized spacial score (nSPS) is 19.6. The Labute approximate surface area is 191 Å². The number of furan rings is 1. The van der Waals surface area contributed by atoms with Gasteiger partial charge in [0.2, 0.25) is 11.8 Å². The molecule has 0 aliphatic carbocycles. The van der Waals surface area contributed by atoms with Gasteiger partial charge in [-0.15, -0.1) is 0 Å². The van der Waals surface area contributed by atoms with Gasteiger partial charge in [0.15, 0.2) is 0 Å². The van der Waals surface area contributed by atoms with Gasteiger partial charge in [-0.1, -0.05) is 0 Å². The van der Waals surface area contributed by atoms with Gasteiger partial charge in [-0.3, -0.25) is 19.3 Å². The highest BCUT2D eigenvalue weighted by molar-refractivity contribution is 6.00. The summed E-state index contributed by atoms with van der Waals surface area (Å²) in [5.41, 5.74) is 0.616. The first-order valence-corrected chi connectivity index (χ1v) is 11.2. The average molecular weight is 458 g/mol. The SMILES string of the molecule is CC(=O)OCc1ccc(CN2CCCN(C(=O)C3CC(=O)N(c4ccc(F)cc4)C3)CC2)o1. The van der Waals surface area contributed by atoms with Gasteiger partial charge >= 0.3 is 5.97 Å². The minimum absolute atomic E-state index is 0.00326. The molecule has 0 N–H and O–H groups in total. The molecule has 2 saturated heterocycles. The zero-order chi connectivity index (χ0) is 23.4. The Morgan fingerprint density at radius 1 is 1.06 bits per heavy atom. The number of anilines is 1. The third kappa shape index (κ3) is 5.78. The van der Waals surface area contributed by atoms with Gasteiger partial charge in [0.1, 0.15) is 23.9 Å². The Kier molecular flexibility index (Phi) is 7.08. The maximum absolute atomic E-state index is 13.2. The second-order valence-corrected chi connectivity index (χ2v) is 8.49. The van der Waals surface area contributed by atoms with Crippen LogP contribution in [0.25, 0.3) is 0 Å². The predicted molar refractivity (Wildman–Crippen MR) is 118 cm³/mol. The van der Waals surface area contributed by atoms with Crippen LogP contribution in [0.5, 0.6) is 0 Å². The lowest BCUT2D eigenvalue weighted by Gasteiger charge is -2.24. The van der Waals surface area contributed by atoms with Crippen LogP contribution in [-0.4, -0.2) is 60.3 Å². The topological polar surface area (TPSA) is 83.3 Å². The Morgan fingerprint density at radius 2 is 1.82 bits per heavy atom. The molecule has 9 heteroatoms. The van der Waals surface area contributed by atoms with Crippen LogP contribution in [0.3, 0.4) is 0 Å². The Hall–Kier alpha value is -3.20. The van der Waals surface area contributed by atoms with Gasteiger partial charge in [-0.2, -0.15) is 0 Å². The average Bonchev–Trinajstić information content (AvgIpc) is 3.33. The molecule has 3 heterocycles. The fraction of sp³-hybridized carbons (Fsp3) is 0.458. The van der Waals surface area contributed by atoms with E-state index in [1.807, 2.05) is 11.0 Å². The molecule has 2 aromatic rings. The lowest BCUT2D eigenvalue weighted by atomic mass is 10.1. The van der Waals surface area contributed by atoms with Crippen LogP contribution in [0.15, 0.2) is 40.8 Å². The maximum atomic E-state index is 13.2. The summed E-state index contributed by atoms with van der Waals surface area (Å²) in [6.45, 7) is 5.17. The van der Waals surface area contributed by atoms with Gasteiger partial charge in [-0.25, -0.2) is 4.39 Å². The van der Waals surface area contributed by atoms with Crippen LogP contribution in [0.1, 0.15) is 31.3 Å². The summed E-state index contributed by atoms with van der Waals surface area (Å²) in [6.07, 6.45) is 1.00. The van der Waals surface area contributed by atoms with Crippen molar-refractivity contribution in [2.75, 3.05) is 37.6 Å². The second-order valence-electron chi connectivity index (χ2n) is 8.49. The fourth-order valence-corrected chi connectivity index (χ4v) is 4.33. The molecule has 1 atom stereocenters. The van der Waals surface area contributed by atoms with Gasteiger partial charge in [0.25, 0.3) is 0 Å². The third-order valence-electron chi connectivity index (χ3n) is 6.03. The summed E-state index contributed by atoms with van der Waals surface area (Å²) < 4.78 is 23.9. The molecule has 2 amide bonds. The molecular formula is C24H28FN3O5. The van der Waals surface area contributed by atoms with Crippen LogP contribution in [0.4, 0.5) is 10.1 Å². The molecule has 33 heavy (non-hydrogen) atoms. The van der Waals surface area contributed by atoms with E-state index < -0.39 is 0 Å². The van der Waals surface area contributed by atoms with Gasteiger partial charge in [-0.05, 0) is 42.8 Å². The van der Waals surface area contributed by atoms with Crippen molar-refractivity contribution in [3.05, 3.63) is 53.7 Å². The van der Waals surface area contributed by atoms with Crippen molar-refractivity contribution in [1.82, 2.24) is 9.80 Å². The molecule has 8 nitrogen and oxygen atoms in total. The molecule has 2 fully saturated rings. The van der Waals surface area contributed by atoms with Crippen molar-refractivity contribution in [2.24, 2.45) is 5.92 Å². The van der Waals surface area contributed by atoms with Gasteiger partial charge in [0, 0.05) is 51.8 Å². The number of carbonyl (C=O) groups excluding carboxylic acids is 3. The van der Waals surface area contributed by atoms with Crippen molar-refractivity contribution in [3.8, 4) is 0 Å². The predicted octanol–water partition coefficient (Wildman–Crippen LogP) is 2.57. The molecule has 176 valence electrons. The van der Waals surface area contributed by atoms with Crippen LogP contribution < -0.4 is 4.90 Å². The van der Waals surface area contributed by atoms with Crippen LogP contribution >= 0.6 is 0 Å². The largest absolute Gasteiger partial charge is 0.461 e. The number of rotatable bonds is 6. The lowest BCUT2D eigenvalue weighted by Crippen LogP contribution is -2.39. The van der Waals surface area contributed by atoms with Crippen molar-refractivity contribution < 1.29 is 27.9 Å². The maximum Gasteiger partial charge on any atom is 0.303 e. The molecule has 1 aromatic carbocycles. The first-order valence-electron chi connectivity index (χ1n) is 11.2. The van der Waals surface area contributed by atoms with E-state index in [9.17, 15) is 18.8 Å². The first kappa shape index (κ1) is 23.0. The van der Waals surface area contributed by atoms with E-state index in [0.717, 1.165) is 18.7 Å². The quantitative estimate of drug-likeness (QED) is 0.620. The monoisotopic (exact) mass is 457 g/mol. The molecule has 0 bridgehead atoms. The summed E-state index contributed by atoms with van der Waals surface area (Å²) in [5, 5.41) is 0. The van der Waals surface area contributed by atoms with Gasteiger partial charge < -0.3 is 19.0 Å². The molecule has 1 unspecified atom stereocenters. The number of hydrogen-bond donors (Lipinski definition) is 0. The fourth-order valence-electron chi connectivity index (χ4n) is 4.33. The third-order valence-corrected chi connectivity index (χ3v) is 6.03. The molecule has 0 spiro atoms. The van der Waals surface area contributed by atoms with Crippen LogP contribution in [0.2, 0.25) is 0 Å². The van der Waals surface area contributed by atoms with Crippen LogP contribution in [-0.2, 0) is 32.3 Å². The lowest BCUT2D eigenvalue weighted by molar-refractivity contribution is -0.142. The van der Waals surface area contributed by atoms with E-state index >= 15 is 0 Å². The molecule has 4 rings (SSSR count). The van der Waals surface area contributed by atoms with E-state index in [-0.39, 0.29) is 42.5 Å². The molecule has 0 saturated carbocycles. The second kappa shape index (κ2) is 10.2. The highest BCUT2D eigenvalue weighted by atomic mass is 19.1. The summed E-state index contributed by atoms with van der Waals surface area (Å²) in [6, 6.07) is 9.45. The number of amides is 2. The number of nitrogens with zero attached hydrogens (tertiary/aromatic N) is 3. The Bertz CT molecular complexity index is 1010. The number of ether oxygens (including phenoxy) is 1. The minimum atomic E-state index is -0.386. The van der Waals surface area contributed by atoms with E-state index in [0.29, 0.717) is 44.2 Å². The van der Waals surface area contributed by atoms with E-state index in [4.69, 9.17) is 9.15 Å². The minimum Gasteiger partial charge on any atom is -0.461 e. The molecule has 2 aliphatic rings. The summed E-state index contributed by atoms with van der Waals surface area (Å²) in [5.74, 6) is 0.173. The molecule has 0 radical (unpaired) electrons. The summed E-state index contributed by atoms with van der Waals surface area (Å²) in [7, 11) is 0. The van der Waals surface area contributed by atoms with Crippen LogP contribution in [0, 0.1) is 11.7 Å². The van der Waals surface area contributed by atoms with Crippen molar-refractivity contribution >= 4 is 23.5 Å². The standard InChI is InChI=1S/C24H28FN3O5/c1-17(29)32-16-22-8-7-21(33-22)15-26-9-2-10-27(12-11-26)24(31)18-13-23(30)28(14-18)20-5-3-19(25)4-6-20/h3-8,18H,2,9-16H2,1H3. The Morgan fingerprint density at radius 3 is 2.58 bits per heavy atom. The highest BCUT2D eigenvalue weighted by Gasteiger charge is 2.37. The van der Waals surface area contributed by atoms with Crippen molar-refractivity contribution in [3.63, 3.8) is 0 Å². The smallest absolute Gasteiger partial charge is 0.303 e. The van der Waals surface area contributed by atoms with E-state index in [2.05, 4.69) is 4.90 Å². The number of benzene rings is 1. The molecular weight excluding hydrogens is 429 g/mol. The Balaban J connectivity index is 1.29. The van der Waals surface area contributed by atoms with Crippen molar-refractivity contribution in [1.29, 1.82) is 0 Å². The van der Waals surface area contributed by atoms with E-state index in [1.165, 1.54) is 19.1 Å². The number of carbonyl (C=O) groups is 3. The van der Waals surface area contributed by atoms with Crippen molar-refractivity contribution in [2.45, 2.75) is 32.9 Å². The van der Waals surface area contributed by atoms with E-state index in [1.54, 1.807) is 23.1 Å². The molecule has 1 aromatic heterocycles. The zero-order valence-electron chi connectivity index (χ0n) is 18.7. The van der Waals surface area contributed by atoms with Gasteiger partial charge in [0.05, 0.1) is 12.5 Å². The summed E-state index contributed by atoms with van der Waals surface area (Å²) >= 11 is 0. The molecule has 2 aliphatic heterocycles. The number of hydrogen-bond acceptors (Lipinski definition) is 6. The number of halogens is 1. The first-order chi connectivity index (χ1) is 15.9. The highest BCUT2D eigenvalue weighted by Crippen LogP contribution is 2.27. The number of esters is 1. The summed E-state index contributed by atoms with van der Waals surface area (Å²) in [4.78, 5) is 42.2. The zero-order valence-corrected chi connectivity index (χ0v) is 18.7.